The first-order valence-electron chi connectivity index (χ1n) is 9.29. The molecule has 2 aromatic carbocycles. The summed E-state index contributed by atoms with van der Waals surface area (Å²) in [6, 6.07) is 12.3. The van der Waals surface area contributed by atoms with Crippen molar-refractivity contribution in [1.82, 2.24) is 10.2 Å². The molecule has 0 aliphatic carbocycles. The fourth-order valence-corrected chi connectivity index (χ4v) is 3.17. The molecule has 0 unspecified atom stereocenters. The Kier molecular flexibility index (Phi) is 10.6. The van der Waals surface area contributed by atoms with Crippen molar-refractivity contribution in [3.8, 4) is 17.2 Å². The highest BCUT2D eigenvalue weighted by Gasteiger charge is 2.16. The summed E-state index contributed by atoms with van der Waals surface area (Å²) in [5.41, 5.74) is 3.61. The first kappa shape index (κ1) is 24.9. The lowest BCUT2D eigenvalue weighted by Gasteiger charge is -2.23. The molecule has 160 valence electrons. The second-order valence-electron chi connectivity index (χ2n) is 6.50. The zero-order valence-electron chi connectivity index (χ0n) is 18.1. The number of aryl methyl sites for hydroxylation is 1. The Morgan fingerprint density at radius 2 is 1.66 bits per heavy atom. The zero-order chi connectivity index (χ0) is 20.5. The molecule has 0 radical (unpaired) electrons. The lowest BCUT2D eigenvalue weighted by atomic mass is 10.1. The van der Waals surface area contributed by atoms with Gasteiger partial charge < -0.3 is 24.4 Å². The fraction of sp³-hybridized carbons (Fsp3) is 0.409. The number of nitrogens with one attached hydrogen (secondary N) is 1. The fourth-order valence-electron chi connectivity index (χ4n) is 3.17. The number of methoxy groups -OCH3 is 3. The van der Waals surface area contributed by atoms with Gasteiger partial charge in [-0.15, -0.1) is 24.0 Å². The molecule has 0 bridgehead atoms. The quantitative estimate of drug-likeness (QED) is 0.330. The highest BCUT2D eigenvalue weighted by Crippen LogP contribution is 2.39. The van der Waals surface area contributed by atoms with Crippen molar-refractivity contribution >= 4 is 29.9 Å². The van der Waals surface area contributed by atoms with E-state index in [1.165, 1.54) is 11.1 Å². The molecule has 6 nitrogen and oxygen atoms in total. The predicted octanol–water partition coefficient (Wildman–Crippen LogP) is 3.89. The van der Waals surface area contributed by atoms with Crippen LogP contribution < -0.4 is 19.5 Å². The largest absolute Gasteiger partial charge is 0.493 e. The van der Waals surface area contributed by atoms with Crippen LogP contribution in [0.15, 0.2) is 41.4 Å². The molecule has 2 rings (SSSR count). The molecule has 29 heavy (non-hydrogen) atoms. The molecule has 2 aromatic rings. The Morgan fingerprint density at radius 1 is 0.966 bits per heavy atom. The second-order valence-corrected chi connectivity index (χ2v) is 6.50. The van der Waals surface area contributed by atoms with Gasteiger partial charge in [0.2, 0.25) is 5.75 Å². The monoisotopic (exact) mass is 513 g/mol. The summed E-state index contributed by atoms with van der Waals surface area (Å²) in [6.45, 7) is 3.64. The average Bonchev–Trinajstić information content (AvgIpc) is 2.71. The summed E-state index contributed by atoms with van der Waals surface area (Å²) < 4.78 is 16.4. The maximum atomic E-state index is 5.56. The van der Waals surface area contributed by atoms with Crippen LogP contribution in [0.3, 0.4) is 0 Å². The number of hydrogen-bond acceptors (Lipinski definition) is 4. The first-order valence-corrected chi connectivity index (χ1v) is 9.29. The van der Waals surface area contributed by atoms with Crippen LogP contribution >= 0.6 is 24.0 Å². The Morgan fingerprint density at radius 3 is 2.24 bits per heavy atom. The third kappa shape index (κ3) is 6.42. The minimum Gasteiger partial charge on any atom is -0.493 e. The van der Waals surface area contributed by atoms with Crippen LogP contribution in [-0.2, 0) is 13.0 Å². The number of benzene rings is 2. The van der Waals surface area contributed by atoms with Crippen molar-refractivity contribution < 1.29 is 14.2 Å². The molecule has 0 saturated heterocycles. The standard InChI is InChI=1S/C22H31N3O3.HI/c1-16-9-7-8-10-18(16)15-25(3)22(23-2)24-14-13-17-11-12-19(26-4)21(28-6)20(17)27-5;/h7-12H,13-15H2,1-6H3,(H,23,24);1H. The third-order valence-corrected chi connectivity index (χ3v) is 4.71. The van der Waals surface area contributed by atoms with Crippen LogP contribution in [0.4, 0.5) is 0 Å². The molecular formula is C22H32IN3O3. The van der Waals surface area contributed by atoms with Crippen molar-refractivity contribution in [3.63, 3.8) is 0 Å². The number of rotatable bonds is 8. The minimum absolute atomic E-state index is 0. The number of nitrogens with zero attached hydrogens (tertiary/aromatic N) is 2. The molecule has 0 aliphatic rings. The molecule has 0 spiro atoms. The van der Waals surface area contributed by atoms with E-state index in [2.05, 4.69) is 46.4 Å². The summed E-state index contributed by atoms with van der Waals surface area (Å²) in [5.74, 6) is 2.82. The molecule has 0 heterocycles. The third-order valence-electron chi connectivity index (χ3n) is 4.71. The van der Waals surface area contributed by atoms with Crippen molar-refractivity contribution in [3.05, 3.63) is 53.1 Å². The number of hydrogen-bond donors (Lipinski definition) is 1. The van der Waals surface area contributed by atoms with E-state index in [0.29, 0.717) is 17.2 Å². The maximum absolute atomic E-state index is 5.56. The number of guanidine groups is 1. The van der Waals surface area contributed by atoms with E-state index in [0.717, 1.165) is 31.0 Å². The van der Waals surface area contributed by atoms with Gasteiger partial charge in [-0.1, -0.05) is 30.3 Å². The summed E-state index contributed by atoms with van der Waals surface area (Å²) in [4.78, 5) is 6.52. The van der Waals surface area contributed by atoms with Crippen LogP contribution in [0.5, 0.6) is 17.2 Å². The predicted molar refractivity (Wildman–Crippen MR) is 129 cm³/mol. The molecule has 0 amide bonds. The van der Waals surface area contributed by atoms with Gasteiger partial charge in [0.05, 0.1) is 21.3 Å². The number of aliphatic imine (C=N–C) groups is 1. The van der Waals surface area contributed by atoms with Gasteiger partial charge in [-0.05, 0) is 30.5 Å². The molecule has 0 fully saturated rings. The highest BCUT2D eigenvalue weighted by atomic mass is 127. The minimum atomic E-state index is 0. The normalized spacial score (nSPS) is 10.8. The van der Waals surface area contributed by atoms with E-state index in [-0.39, 0.29) is 24.0 Å². The summed E-state index contributed by atoms with van der Waals surface area (Å²) in [6.07, 6.45) is 0.765. The van der Waals surface area contributed by atoms with E-state index in [1.807, 2.05) is 19.2 Å². The maximum Gasteiger partial charge on any atom is 0.203 e. The zero-order valence-corrected chi connectivity index (χ0v) is 20.4. The van der Waals surface area contributed by atoms with Gasteiger partial charge in [0.1, 0.15) is 0 Å². The van der Waals surface area contributed by atoms with Crippen molar-refractivity contribution in [2.75, 3.05) is 42.0 Å². The van der Waals surface area contributed by atoms with E-state index < -0.39 is 0 Å². The van der Waals surface area contributed by atoms with E-state index in [1.54, 1.807) is 28.4 Å². The van der Waals surface area contributed by atoms with Gasteiger partial charge >= 0.3 is 0 Å². The van der Waals surface area contributed by atoms with Gasteiger partial charge in [0, 0.05) is 32.7 Å². The Hall–Kier alpha value is -2.16. The van der Waals surface area contributed by atoms with Gasteiger partial charge in [-0.2, -0.15) is 0 Å². The van der Waals surface area contributed by atoms with Crippen LogP contribution in [0, 0.1) is 6.92 Å². The van der Waals surface area contributed by atoms with Gasteiger partial charge in [-0.25, -0.2) is 0 Å². The number of ether oxygens (including phenoxy) is 3. The Labute approximate surface area is 191 Å². The molecule has 7 heteroatoms. The van der Waals surface area contributed by atoms with Crippen molar-refractivity contribution in [2.45, 2.75) is 19.9 Å². The molecular weight excluding hydrogens is 481 g/mol. The van der Waals surface area contributed by atoms with E-state index >= 15 is 0 Å². The number of halogens is 1. The SMILES string of the molecule is CN=C(NCCc1ccc(OC)c(OC)c1OC)N(C)Cc1ccccc1C.I. The molecule has 0 aromatic heterocycles. The van der Waals surface area contributed by atoms with E-state index in [4.69, 9.17) is 14.2 Å². The lowest BCUT2D eigenvalue weighted by Crippen LogP contribution is -2.39. The van der Waals surface area contributed by atoms with Gasteiger partial charge in [0.25, 0.3) is 0 Å². The molecule has 0 saturated carbocycles. The smallest absolute Gasteiger partial charge is 0.203 e. The first-order chi connectivity index (χ1) is 13.5. The summed E-state index contributed by atoms with van der Waals surface area (Å²) in [7, 11) is 8.72. The van der Waals surface area contributed by atoms with Crippen LogP contribution in [0.25, 0.3) is 0 Å². The Balaban J connectivity index is 0.00000420. The lowest BCUT2D eigenvalue weighted by molar-refractivity contribution is 0.322. The average molecular weight is 513 g/mol. The highest BCUT2D eigenvalue weighted by molar-refractivity contribution is 14.0. The Bertz CT molecular complexity index is 812. The van der Waals surface area contributed by atoms with Crippen LogP contribution in [-0.4, -0.2) is 52.8 Å². The van der Waals surface area contributed by atoms with Crippen molar-refractivity contribution in [2.24, 2.45) is 4.99 Å². The van der Waals surface area contributed by atoms with Gasteiger partial charge in [-0.3, -0.25) is 4.99 Å². The van der Waals surface area contributed by atoms with Gasteiger partial charge in [0.15, 0.2) is 17.5 Å². The molecule has 0 aliphatic heterocycles. The molecule has 1 N–H and O–H groups in total. The summed E-state index contributed by atoms with van der Waals surface area (Å²) >= 11 is 0. The summed E-state index contributed by atoms with van der Waals surface area (Å²) in [5, 5.41) is 3.42. The molecule has 0 atom stereocenters. The van der Waals surface area contributed by atoms with Crippen LogP contribution in [0.2, 0.25) is 0 Å². The van der Waals surface area contributed by atoms with Crippen LogP contribution in [0.1, 0.15) is 16.7 Å². The topological polar surface area (TPSA) is 55.3 Å². The second kappa shape index (κ2) is 12.4. The van der Waals surface area contributed by atoms with E-state index in [9.17, 15) is 0 Å². The van der Waals surface area contributed by atoms with Crippen molar-refractivity contribution in [1.29, 1.82) is 0 Å².